The van der Waals surface area contributed by atoms with Crippen molar-refractivity contribution < 1.29 is 9.52 Å². The van der Waals surface area contributed by atoms with Crippen LogP contribution in [0.2, 0.25) is 0 Å². The van der Waals surface area contributed by atoms with E-state index in [9.17, 15) is 9.90 Å². The molecule has 0 atom stereocenters. The highest BCUT2D eigenvalue weighted by molar-refractivity contribution is 5.80. The molecule has 0 aliphatic carbocycles. The minimum atomic E-state index is -0.130. The number of nitrogens with zero attached hydrogens (tertiary/aromatic N) is 1. The van der Waals surface area contributed by atoms with Crippen molar-refractivity contribution in [1.29, 1.82) is 0 Å². The predicted octanol–water partition coefficient (Wildman–Crippen LogP) is 2.56. The highest BCUT2D eigenvalue weighted by Crippen LogP contribution is 2.19. The molecular formula is C14H9NO3. The van der Waals surface area contributed by atoms with Crippen LogP contribution in [0.4, 0.5) is 0 Å². The minimum absolute atomic E-state index is 0.0592. The van der Waals surface area contributed by atoms with Gasteiger partial charge in [0.05, 0.1) is 22.8 Å². The number of aromatic hydroxyl groups is 1. The molecule has 4 heteroatoms. The standard InChI is InChI=1S/C14H9NO3/c16-9-5-6-12(15-7-9)11-8-18-13-4-2-1-3-10(13)14(11)17/h1-8,16H. The summed E-state index contributed by atoms with van der Waals surface area (Å²) < 4.78 is 5.41. The molecule has 1 aromatic carbocycles. The SMILES string of the molecule is O=c1c(-c2ccc(O)cn2)coc2ccccc12. The minimum Gasteiger partial charge on any atom is -0.506 e. The quantitative estimate of drug-likeness (QED) is 0.708. The van der Waals surface area contributed by atoms with Gasteiger partial charge in [0.25, 0.3) is 0 Å². The van der Waals surface area contributed by atoms with Crippen LogP contribution >= 0.6 is 0 Å². The average molecular weight is 239 g/mol. The lowest BCUT2D eigenvalue weighted by Gasteiger charge is -2.01. The molecule has 0 spiro atoms. The van der Waals surface area contributed by atoms with Crippen LogP contribution in [0.1, 0.15) is 0 Å². The summed E-state index contributed by atoms with van der Waals surface area (Å²) in [6, 6.07) is 10.1. The fourth-order valence-corrected chi connectivity index (χ4v) is 1.80. The molecule has 0 aliphatic heterocycles. The van der Waals surface area contributed by atoms with Gasteiger partial charge in [0, 0.05) is 0 Å². The molecule has 3 rings (SSSR count). The van der Waals surface area contributed by atoms with Crippen molar-refractivity contribution in [3.8, 4) is 17.0 Å². The van der Waals surface area contributed by atoms with Crippen LogP contribution in [-0.4, -0.2) is 10.1 Å². The molecule has 0 unspecified atom stereocenters. The Labute approximate surface area is 102 Å². The molecule has 0 radical (unpaired) electrons. The van der Waals surface area contributed by atoms with E-state index in [0.29, 0.717) is 22.2 Å². The Morgan fingerprint density at radius 2 is 1.94 bits per heavy atom. The van der Waals surface area contributed by atoms with Crippen molar-refractivity contribution in [3.05, 3.63) is 59.1 Å². The Balaban J connectivity index is 2.27. The first-order chi connectivity index (χ1) is 8.75. The highest BCUT2D eigenvalue weighted by atomic mass is 16.3. The normalized spacial score (nSPS) is 10.7. The van der Waals surface area contributed by atoms with Gasteiger partial charge in [-0.2, -0.15) is 0 Å². The van der Waals surface area contributed by atoms with Crippen LogP contribution in [0.15, 0.2) is 58.1 Å². The molecule has 2 aromatic heterocycles. The zero-order valence-corrected chi connectivity index (χ0v) is 9.33. The van der Waals surface area contributed by atoms with Crippen LogP contribution in [0.25, 0.3) is 22.2 Å². The second-order valence-corrected chi connectivity index (χ2v) is 3.88. The second-order valence-electron chi connectivity index (χ2n) is 3.88. The number of aromatic nitrogens is 1. The van der Waals surface area contributed by atoms with Gasteiger partial charge in [-0.05, 0) is 24.3 Å². The molecule has 18 heavy (non-hydrogen) atoms. The van der Waals surface area contributed by atoms with Gasteiger partial charge >= 0.3 is 0 Å². The van der Waals surface area contributed by atoms with Crippen molar-refractivity contribution in [1.82, 2.24) is 4.98 Å². The Hall–Kier alpha value is -2.62. The summed E-state index contributed by atoms with van der Waals surface area (Å²) in [7, 11) is 0. The van der Waals surface area contributed by atoms with E-state index in [1.807, 2.05) is 6.07 Å². The Morgan fingerprint density at radius 3 is 2.72 bits per heavy atom. The number of para-hydroxylation sites is 1. The van der Waals surface area contributed by atoms with Crippen LogP contribution < -0.4 is 5.43 Å². The average Bonchev–Trinajstić information content (AvgIpc) is 2.41. The first kappa shape index (κ1) is 10.5. The molecule has 88 valence electrons. The van der Waals surface area contributed by atoms with E-state index in [-0.39, 0.29) is 11.2 Å². The van der Waals surface area contributed by atoms with Crippen LogP contribution in [-0.2, 0) is 0 Å². The maximum Gasteiger partial charge on any atom is 0.202 e. The third kappa shape index (κ3) is 1.64. The molecule has 4 nitrogen and oxygen atoms in total. The van der Waals surface area contributed by atoms with E-state index in [0.717, 1.165) is 0 Å². The third-order valence-corrected chi connectivity index (χ3v) is 2.70. The largest absolute Gasteiger partial charge is 0.506 e. The van der Waals surface area contributed by atoms with E-state index < -0.39 is 0 Å². The van der Waals surface area contributed by atoms with Crippen molar-refractivity contribution in [2.75, 3.05) is 0 Å². The van der Waals surface area contributed by atoms with Crippen molar-refractivity contribution in [2.45, 2.75) is 0 Å². The van der Waals surface area contributed by atoms with E-state index in [4.69, 9.17) is 4.42 Å². The van der Waals surface area contributed by atoms with E-state index in [2.05, 4.69) is 4.98 Å². The lowest BCUT2D eigenvalue weighted by molar-refractivity contribution is 0.473. The van der Waals surface area contributed by atoms with Gasteiger partial charge in [-0.25, -0.2) is 0 Å². The maximum atomic E-state index is 12.3. The summed E-state index contributed by atoms with van der Waals surface area (Å²) in [6.45, 7) is 0. The van der Waals surface area contributed by atoms with Gasteiger partial charge in [-0.15, -0.1) is 0 Å². The lowest BCUT2D eigenvalue weighted by atomic mass is 10.1. The number of rotatable bonds is 1. The lowest BCUT2D eigenvalue weighted by Crippen LogP contribution is -2.05. The molecule has 0 saturated carbocycles. The molecule has 0 fully saturated rings. The zero-order valence-electron chi connectivity index (χ0n) is 9.33. The van der Waals surface area contributed by atoms with E-state index in [1.54, 1.807) is 24.3 Å². The van der Waals surface area contributed by atoms with Gasteiger partial charge in [0.2, 0.25) is 5.43 Å². The topological polar surface area (TPSA) is 63.3 Å². The second kappa shape index (κ2) is 4.00. The summed E-state index contributed by atoms with van der Waals surface area (Å²) in [5.41, 5.74) is 1.28. The van der Waals surface area contributed by atoms with Gasteiger partial charge in [0.1, 0.15) is 17.6 Å². The van der Waals surface area contributed by atoms with Crippen LogP contribution in [0.3, 0.4) is 0 Å². The summed E-state index contributed by atoms with van der Waals surface area (Å²) >= 11 is 0. The van der Waals surface area contributed by atoms with Gasteiger partial charge < -0.3 is 9.52 Å². The monoisotopic (exact) mass is 239 g/mol. The van der Waals surface area contributed by atoms with Crippen molar-refractivity contribution >= 4 is 11.0 Å². The van der Waals surface area contributed by atoms with Crippen LogP contribution in [0, 0.1) is 0 Å². The Morgan fingerprint density at radius 1 is 1.11 bits per heavy atom. The number of hydrogen-bond acceptors (Lipinski definition) is 4. The fraction of sp³-hybridized carbons (Fsp3) is 0. The molecule has 0 bridgehead atoms. The first-order valence-corrected chi connectivity index (χ1v) is 5.41. The molecule has 3 aromatic rings. The maximum absolute atomic E-state index is 12.3. The molecular weight excluding hydrogens is 230 g/mol. The summed E-state index contributed by atoms with van der Waals surface area (Å²) in [4.78, 5) is 16.3. The van der Waals surface area contributed by atoms with E-state index in [1.165, 1.54) is 18.5 Å². The Bertz CT molecular complexity index is 760. The molecule has 1 N–H and O–H groups in total. The highest BCUT2D eigenvalue weighted by Gasteiger charge is 2.09. The predicted molar refractivity (Wildman–Crippen MR) is 67.4 cm³/mol. The Kier molecular flexibility index (Phi) is 2.34. The summed E-state index contributed by atoms with van der Waals surface area (Å²) in [6.07, 6.45) is 2.69. The van der Waals surface area contributed by atoms with Gasteiger partial charge in [0.15, 0.2) is 0 Å². The van der Waals surface area contributed by atoms with Crippen molar-refractivity contribution in [3.63, 3.8) is 0 Å². The number of pyridine rings is 1. The molecule has 2 heterocycles. The first-order valence-electron chi connectivity index (χ1n) is 5.41. The van der Waals surface area contributed by atoms with Crippen molar-refractivity contribution in [2.24, 2.45) is 0 Å². The summed E-state index contributed by atoms with van der Waals surface area (Å²) in [5.74, 6) is 0.0592. The fourth-order valence-electron chi connectivity index (χ4n) is 1.80. The van der Waals surface area contributed by atoms with Crippen LogP contribution in [0.5, 0.6) is 5.75 Å². The smallest absolute Gasteiger partial charge is 0.202 e. The zero-order chi connectivity index (χ0) is 12.5. The van der Waals surface area contributed by atoms with Gasteiger partial charge in [-0.1, -0.05) is 12.1 Å². The number of fused-ring (bicyclic) bond motifs is 1. The van der Waals surface area contributed by atoms with E-state index >= 15 is 0 Å². The molecule has 0 saturated heterocycles. The molecule has 0 aliphatic rings. The van der Waals surface area contributed by atoms with Gasteiger partial charge in [-0.3, -0.25) is 9.78 Å². The molecule has 0 amide bonds. The number of hydrogen-bond donors (Lipinski definition) is 1. The number of benzene rings is 1. The third-order valence-electron chi connectivity index (χ3n) is 2.70. The summed E-state index contributed by atoms with van der Waals surface area (Å²) in [5, 5.41) is 9.70.